The van der Waals surface area contributed by atoms with Gasteiger partial charge in [0.25, 0.3) is 0 Å². The molecular weight excluding hydrogens is 652 g/mol. The van der Waals surface area contributed by atoms with Gasteiger partial charge in [-0.1, -0.05) is 63.2 Å². The molecule has 3 aromatic rings. The first-order valence-corrected chi connectivity index (χ1v) is 19.0. The average Bonchev–Trinajstić information content (AvgIpc) is 3.17. The van der Waals surface area contributed by atoms with Crippen molar-refractivity contribution in [1.82, 2.24) is 9.80 Å². The van der Waals surface area contributed by atoms with E-state index in [0.717, 1.165) is 77.5 Å². The summed E-state index contributed by atoms with van der Waals surface area (Å²) in [6.07, 6.45) is 11.9. The molecule has 2 heterocycles. The molecule has 2 aliphatic heterocycles. The van der Waals surface area contributed by atoms with Crippen LogP contribution in [-0.4, -0.2) is 72.0 Å². The van der Waals surface area contributed by atoms with Gasteiger partial charge >= 0.3 is 0 Å². The maximum absolute atomic E-state index is 11.9. The maximum Gasteiger partial charge on any atom is 0.153 e. The van der Waals surface area contributed by atoms with Crippen molar-refractivity contribution >= 4 is 12.6 Å². The Kier molecular flexibility index (Phi) is 14.6. The average molecular weight is 705 g/mol. The summed E-state index contributed by atoms with van der Waals surface area (Å²) in [5.74, 6) is 14.2. The van der Waals surface area contributed by atoms with E-state index in [4.69, 9.17) is 9.47 Å². The summed E-state index contributed by atoms with van der Waals surface area (Å²) in [6.45, 7) is 10.2. The molecule has 0 radical (unpaired) electrons. The third kappa shape index (κ3) is 10.6. The molecule has 274 valence electrons. The van der Waals surface area contributed by atoms with Gasteiger partial charge in [0, 0.05) is 47.5 Å². The number of phenols is 2. The van der Waals surface area contributed by atoms with Gasteiger partial charge < -0.3 is 19.7 Å². The molecule has 0 saturated carbocycles. The molecule has 2 saturated heterocycles. The van der Waals surface area contributed by atoms with Crippen molar-refractivity contribution in [2.75, 3.05) is 39.4 Å². The molecule has 2 N–H and O–H groups in total. The van der Waals surface area contributed by atoms with E-state index in [0.29, 0.717) is 83.8 Å². The smallest absolute Gasteiger partial charge is 0.153 e. The molecule has 0 spiro atoms. The highest BCUT2D eigenvalue weighted by Crippen LogP contribution is 2.31. The van der Waals surface area contributed by atoms with Crippen molar-refractivity contribution in [3.05, 3.63) is 80.9 Å². The molecular formula is C44H52N2O6. The third-order valence-electron chi connectivity index (χ3n) is 9.65. The second-order valence-corrected chi connectivity index (χ2v) is 13.8. The number of carbonyl (C=O) groups is 2. The lowest BCUT2D eigenvalue weighted by Gasteiger charge is -2.26. The van der Waals surface area contributed by atoms with Gasteiger partial charge in [0.2, 0.25) is 0 Å². The van der Waals surface area contributed by atoms with Gasteiger partial charge in [0.1, 0.15) is 23.0 Å². The maximum atomic E-state index is 11.9. The topological polar surface area (TPSA) is 99.5 Å². The fourth-order valence-corrected chi connectivity index (χ4v) is 6.65. The molecule has 0 unspecified atom stereocenters. The first-order valence-electron chi connectivity index (χ1n) is 19.0. The Balaban J connectivity index is 1.52. The summed E-state index contributed by atoms with van der Waals surface area (Å²) in [6, 6.07) is 10.7. The monoisotopic (exact) mass is 704 g/mol. The zero-order valence-electron chi connectivity index (χ0n) is 30.8. The van der Waals surface area contributed by atoms with E-state index in [-0.39, 0.29) is 22.6 Å². The number of nitrogens with zero attached hydrogens (tertiary/aromatic N) is 2. The number of rotatable bonds is 14. The molecule has 3 aromatic carbocycles. The highest BCUT2D eigenvalue weighted by molar-refractivity contribution is 5.82. The zero-order valence-corrected chi connectivity index (χ0v) is 30.8. The quantitative estimate of drug-likeness (QED) is 0.0995. The summed E-state index contributed by atoms with van der Waals surface area (Å²) >= 11 is 0. The van der Waals surface area contributed by atoms with Crippen LogP contribution in [0, 0.1) is 23.7 Å². The number of ether oxygens (including phenoxy) is 2. The van der Waals surface area contributed by atoms with Crippen LogP contribution in [-0.2, 0) is 13.1 Å². The zero-order chi connectivity index (χ0) is 36.7. The molecule has 2 aliphatic rings. The SMILES string of the molecule is CCCCOc1cc(C#Cc2cc(C=O)c(O)c(CN3CCCCC3)c2)c(OCCCC)cc1C#Cc1cc(C=O)c(O)c(CN2CCCCC2)c1. The van der Waals surface area contributed by atoms with Gasteiger partial charge in [-0.2, -0.15) is 0 Å². The molecule has 8 heteroatoms. The number of hydrogen-bond acceptors (Lipinski definition) is 8. The molecule has 52 heavy (non-hydrogen) atoms. The van der Waals surface area contributed by atoms with Gasteiger partial charge in [-0.25, -0.2) is 0 Å². The Bertz CT molecular complexity index is 1680. The third-order valence-corrected chi connectivity index (χ3v) is 9.65. The fourth-order valence-electron chi connectivity index (χ4n) is 6.65. The summed E-state index contributed by atoms with van der Waals surface area (Å²) in [7, 11) is 0. The van der Waals surface area contributed by atoms with Gasteiger partial charge in [-0.05, 0) is 89.0 Å². The Morgan fingerprint density at radius 2 is 1.00 bits per heavy atom. The van der Waals surface area contributed by atoms with Crippen LogP contribution in [0.4, 0.5) is 0 Å². The summed E-state index contributed by atoms with van der Waals surface area (Å²) in [4.78, 5) is 28.5. The van der Waals surface area contributed by atoms with Crippen LogP contribution in [0.1, 0.15) is 132 Å². The highest BCUT2D eigenvalue weighted by atomic mass is 16.5. The standard InChI is InChI=1S/C44H52N2O6/c1-3-5-21-51-41-27-36(16-14-34-24-38(44(50)40(26-34)32-48)30-46-19-11-8-12-20-46)42(52-22-6-4-2)28-35(41)15-13-33-23-37(43(49)39(25-33)31-47)29-45-17-9-7-10-18-45/h23-28,31-32,49-50H,3-12,17-22,29-30H2,1-2H3. The van der Waals surface area contributed by atoms with Crippen LogP contribution in [0.15, 0.2) is 36.4 Å². The highest BCUT2D eigenvalue weighted by Gasteiger charge is 2.18. The van der Waals surface area contributed by atoms with Crippen molar-refractivity contribution in [2.24, 2.45) is 0 Å². The lowest BCUT2D eigenvalue weighted by Crippen LogP contribution is -2.29. The number of likely N-dealkylation sites (tertiary alicyclic amines) is 2. The second kappa shape index (κ2) is 19.7. The van der Waals surface area contributed by atoms with E-state index in [2.05, 4.69) is 47.3 Å². The number of benzene rings is 3. The minimum absolute atomic E-state index is 0.0109. The van der Waals surface area contributed by atoms with Gasteiger partial charge in [0.15, 0.2) is 12.6 Å². The molecule has 8 nitrogen and oxygen atoms in total. The number of unbranched alkanes of at least 4 members (excludes halogenated alkanes) is 2. The Labute approximate surface area is 309 Å². The number of aldehydes is 2. The lowest BCUT2D eigenvalue weighted by molar-refractivity contribution is 0.111. The molecule has 2 fully saturated rings. The normalized spacial score (nSPS) is 14.8. The molecule has 0 aromatic heterocycles. The fraction of sp³-hybridized carbons (Fsp3) is 0.455. The van der Waals surface area contributed by atoms with Gasteiger partial charge in [-0.3, -0.25) is 19.4 Å². The number of aromatic hydroxyl groups is 2. The largest absolute Gasteiger partial charge is 0.507 e. The van der Waals surface area contributed by atoms with Crippen LogP contribution in [0.5, 0.6) is 23.0 Å². The van der Waals surface area contributed by atoms with E-state index >= 15 is 0 Å². The van der Waals surface area contributed by atoms with Crippen molar-refractivity contribution in [2.45, 2.75) is 91.1 Å². The molecule has 0 amide bonds. The molecule has 0 bridgehead atoms. The molecule has 0 atom stereocenters. The number of piperidine rings is 2. The second-order valence-electron chi connectivity index (χ2n) is 13.8. The van der Waals surface area contributed by atoms with Gasteiger partial charge in [-0.15, -0.1) is 0 Å². The van der Waals surface area contributed by atoms with Crippen LogP contribution in [0.3, 0.4) is 0 Å². The van der Waals surface area contributed by atoms with E-state index in [1.165, 1.54) is 12.8 Å². The Hall–Kier alpha value is -4.76. The first kappa shape index (κ1) is 38.5. The van der Waals surface area contributed by atoms with Crippen molar-refractivity contribution < 1.29 is 29.3 Å². The van der Waals surface area contributed by atoms with Gasteiger partial charge in [0.05, 0.1) is 35.5 Å². The first-order chi connectivity index (χ1) is 25.4. The minimum atomic E-state index is 0.0109. The van der Waals surface area contributed by atoms with Crippen molar-refractivity contribution in [1.29, 1.82) is 0 Å². The van der Waals surface area contributed by atoms with E-state index < -0.39 is 0 Å². The Morgan fingerprint density at radius 1 is 0.596 bits per heavy atom. The predicted molar refractivity (Wildman–Crippen MR) is 204 cm³/mol. The van der Waals surface area contributed by atoms with Crippen LogP contribution < -0.4 is 9.47 Å². The Morgan fingerprint density at radius 3 is 1.37 bits per heavy atom. The summed E-state index contributed by atoms with van der Waals surface area (Å²) < 4.78 is 12.5. The summed E-state index contributed by atoms with van der Waals surface area (Å²) in [5, 5.41) is 21.7. The minimum Gasteiger partial charge on any atom is -0.507 e. The van der Waals surface area contributed by atoms with E-state index in [1.54, 1.807) is 12.1 Å². The number of phenolic OH excluding ortho intramolecular Hbond substituents is 2. The van der Waals surface area contributed by atoms with Crippen LogP contribution in [0.2, 0.25) is 0 Å². The number of carbonyl (C=O) groups excluding carboxylic acids is 2. The molecule has 0 aliphatic carbocycles. The predicted octanol–water partition coefficient (Wildman–Crippen LogP) is 7.85. The van der Waals surface area contributed by atoms with Crippen LogP contribution in [0.25, 0.3) is 0 Å². The lowest BCUT2D eigenvalue weighted by atomic mass is 10.0. The number of hydrogen-bond donors (Lipinski definition) is 2. The molecule has 5 rings (SSSR count). The van der Waals surface area contributed by atoms with Crippen molar-refractivity contribution in [3.63, 3.8) is 0 Å². The summed E-state index contributed by atoms with van der Waals surface area (Å²) in [5.41, 5.74) is 4.33. The van der Waals surface area contributed by atoms with E-state index in [1.807, 2.05) is 24.3 Å². The van der Waals surface area contributed by atoms with Crippen molar-refractivity contribution in [3.8, 4) is 46.7 Å². The van der Waals surface area contributed by atoms with Crippen LogP contribution >= 0.6 is 0 Å². The van der Waals surface area contributed by atoms with E-state index in [9.17, 15) is 19.8 Å².